The van der Waals surface area contributed by atoms with Crippen molar-refractivity contribution in [1.82, 2.24) is 5.32 Å². The highest BCUT2D eigenvalue weighted by Gasteiger charge is 1.98. The average molecular weight is 347 g/mol. The number of anilines is 1. The molecule has 3 nitrogen and oxygen atoms in total. The van der Waals surface area contributed by atoms with Crippen LogP contribution in [0.15, 0.2) is 54.6 Å². The number of rotatable bonds is 8. The molecular formula is C18H22N2OS2. The van der Waals surface area contributed by atoms with Crippen LogP contribution in [-0.4, -0.2) is 24.5 Å². The van der Waals surface area contributed by atoms with Crippen LogP contribution >= 0.6 is 24.0 Å². The standard InChI is InChI=1S/C18H22N2OS2/c1-21-17-10-8-16(9-11-17)20-18(22)19-12-5-13-23-14-15-6-3-2-4-7-15/h2-4,6-11H,5,12-14H2,1H3,(H2,19,20,22). The highest BCUT2D eigenvalue weighted by atomic mass is 32.2. The van der Waals surface area contributed by atoms with E-state index in [1.807, 2.05) is 36.0 Å². The van der Waals surface area contributed by atoms with Crippen molar-refractivity contribution in [2.75, 3.05) is 24.7 Å². The van der Waals surface area contributed by atoms with Crippen molar-refractivity contribution in [1.29, 1.82) is 0 Å². The van der Waals surface area contributed by atoms with Crippen LogP contribution in [0.4, 0.5) is 5.69 Å². The molecule has 0 saturated carbocycles. The Balaban J connectivity index is 1.56. The van der Waals surface area contributed by atoms with E-state index in [1.165, 1.54) is 5.56 Å². The Morgan fingerprint density at radius 3 is 2.52 bits per heavy atom. The van der Waals surface area contributed by atoms with Gasteiger partial charge in [-0.1, -0.05) is 30.3 Å². The predicted octanol–water partition coefficient (Wildman–Crippen LogP) is 4.31. The van der Waals surface area contributed by atoms with Crippen molar-refractivity contribution in [2.24, 2.45) is 0 Å². The maximum absolute atomic E-state index is 5.29. The van der Waals surface area contributed by atoms with E-state index in [1.54, 1.807) is 7.11 Å². The van der Waals surface area contributed by atoms with Gasteiger partial charge in [0.15, 0.2) is 5.11 Å². The molecular weight excluding hydrogens is 324 g/mol. The molecule has 0 radical (unpaired) electrons. The van der Waals surface area contributed by atoms with Crippen LogP contribution in [0.5, 0.6) is 5.75 Å². The Morgan fingerprint density at radius 2 is 1.83 bits per heavy atom. The zero-order valence-corrected chi connectivity index (χ0v) is 14.9. The van der Waals surface area contributed by atoms with Crippen LogP contribution in [-0.2, 0) is 5.75 Å². The quantitative estimate of drug-likeness (QED) is 0.550. The molecule has 0 bridgehead atoms. The van der Waals surface area contributed by atoms with E-state index in [0.29, 0.717) is 5.11 Å². The van der Waals surface area contributed by atoms with Gasteiger partial charge in [-0.05, 0) is 54.2 Å². The van der Waals surface area contributed by atoms with E-state index in [0.717, 1.165) is 35.9 Å². The first kappa shape index (κ1) is 17.6. The Hall–Kier alpha value is -1.72. The van der Waals surface area contributed by atoms with E-state index in [-0.39, 0.29) is 0 Å². The normalized spacial score (nSPS) is 10.1. The average Bonchev–Trinajstić information content (AvgIpc) is 2.59. The van der Waals surface area contributed by atoms with Crippen molar-refractivity contribution in [3.8, 4) is 5.75 Å². The summed E-state index contributed by atoms with van der Waals surface area (Å²) in [7, 11) is 1.66. The molecule has 0 aliphatic rings. The molecule has 0 aromatic heterocycles. The summed E-state index contributed by atoms with van der Waals surface area (Å²) in [6, 6.07) is 18.3. The number of thioether (sulfide) groups is 1. The van der Waals surface area contributed by atoms with Crippen molar-refractivity contribution in [2.45, 2.75) is 12.2 Å². The topological polar surface area (TPSA) is 33.3 Å². The molecule has 0 fully saturated rings. The molecule has 2 aromatic carbocycles. The van der Waals surface area contributed by atoms with Crippen LogP contribution in [0.3, 0.4) is 0 Å². The lowest BCUT2D eigenvalue weighted by atomic mass is 10.2. The summed E-state index contributed by atoms with van der Waals surface area (Å²) >= 11 is 7.24. The van der Waals surface area contributed by atoms with Crippen LogP contribution in [0.2, 0.25) is 0 Å². The first-order chi connectivity index (χ1) is 11.3. The van der Waals surface area contributed by atoms with Gasteiger partial charge in [-0.15, -0.1) is 0 Å². The number of benzene rings is 2. The van der Waals surface area contributed by atoms with E-state index in [9.17, 15) is 0 Å². The summed E-state index contributed by atoms with van der Waals surface area (Å²) in [6.45, 7) is 0.879. The number of ether oxygens (including phenoxy) is 1. The third kappa shape index (κ3) is 6.93. The van der Waals surface area contributed by atoms with Crippen molar-refractivity contribution in [3.05, 3.63) is 60.2 Å². The maximum Gasteiger partial charge on any atom is 0.170 e. The van der Waals surface area contributed by atoms with Crippen molar-refractivity contribution < 1.29 is 4.74 Å². The molecule has 2 aromatic rings. The zero-order valence-electron chi connectivity index (χ0n) is 13.2. The number of hydrogen-bond donors (Lipinski definition) is 2. The minimum Gasteiger partial charge on any atom is -0.497 e. The Bertz CT molecular complexity index is 588. The van der Waals surface area contributed by atoms with E-state index >= 15 is 0 Å². The monoisotopic (exact) mass is 346 g/mol. The summed E-state index contributed by atoms with van der Waals surface area (Å²) in [5, 5.41) is 7.06. The zero-order chi connectivity index (χ0) is 16.3. The Kier molecular flexibility index (Phi) is 7.77. The molecule has 0 unspecified atom stereocenters. The number of methoxy groups -OCH3 is 1. The highest BCUT2D eigenvalue weighted by Crippen LogP contribution is 2.15. The molecule has 0 aliphatic heterocycles. The second-order valence-corrected chi connectivity index (χ2v) is 6.51. The smallest absolute Gasteiger partial charge is 0.170 e. The fourth-order valence-corrected chi connectivity index (χ4v) is 3.13. The third-order valence-corrected chi connectivity index (χ3v) is 4.57. The first-order valence-electron chi connectivity index (χ1n) is 7.58. The van der Waals surface area contributed by atoms with Crippen LogP contribution in [0, 0.1) is 0 Å². The van der Waals surface area contributed by atoms with Gasteiger partial charge in [0.05, 0.1) is 7.11 Å². The fourth-order valence-electron chi connectivity index (χ4n) is 1.99. The van der Waals surface area contributed by atoms with Gasteiger partial charge in [0.25, 0.3) is 0 Å². The summed E-state index contributed by atoms with van der Waals surface area (Å²) < 4.78 is 5.13. The second-order valence-electron chi connectivity index (χ2n) is 5.00. The summed E-state index contributed by atoms with van der Waals surface area (Å²) in [6.07, 6.45) is 1.09. The van der Waals surface area contributed by atoms with Crippen LogP contribution in [0.25, 0.3) is 0 Å². The largest absolute Gasteiger partial charge is 0.497 e. The molecule has 0 heterocycles. The third-order valence-electron chi connectivity index (χ3n) is 3.21. The minimum absolute atomic E-state index is 0.656. The number of thiocarbonyl (C=S) groups is 1. The Morgan fingerprint density at radius 1 is 1.09 bits per heavy atom. The molecule has 23 heavy (non-hydrogen) atoms. The van der Waals surface area contributed by atoms with Gasteiger partial charge >= 0.3 is 0 Å². The molecule has 2 N–H and O–H groups in total. The molecule has 0 spiro atoms. The molecule has 0 saturated heterocycles. The SMILES string of the molecule is COc1ccc(NC(=S)NCCCSCc2ccccc2)cc1. The molecule has 0 aliphatic carbocycles. The Labute approximate surface area is 147 Å². The van der Waals surface area contributed by atoms with Gasteiger partial charge in [-0.25, -0.2) is 0 Å². The van der Waals surface area contributed by atoms with Crippen molar-refractivity contribution in [3.63, 3.8) is 0 Å². The maximum atomic E-state index is 5.29. The van der Waals surface area contributed by atoms with Gasteiger partial charge in [-0.2, -0.15) is 11.8 Å². The van der Waals surface area contributed by atoms with E-state index in [2.05, 4.69) is 41.0 Å². The second kappa shape index (κ2) is 10.1. The van der Waals surface area contributed by atoms with Gasteiger partial charge < -0.3 is 15.4 Å². The first-order valence-corrected chi connectivity index (χ1v) is 9.15. The lowest BCUT2D eigenvalue weighted by Gasteiger charge is -2.11. The van der Waals surface area contributed by atoms with Crippen molar-refractivity contribution >= 4 is 34.8 Å². The predicted molar refractivity (Wildman–Crippen MR) is 104 cm³/mol. The van der Waals surface area contributed by atoms with Crippen LogP contribution in [0.1, 0.15) is 12.0 Å². The fraction of sp³-hybridized carbons (Fsp3) is 0.278. The molecule has 5 heteroatoms. The minimum atomic E-state index is 0.656. The number of hydrogen-bond acceptors (Lipinski definition) is 3. The molecule has 0 atom stereocenters. The van der Waals surface area contributed by atoms with Gasteiger partial charge in [0.1, 0.15) is 5.75 Å². The molecule has 2 rings (SSSR count). The lowest BCUT2D eigenvalue weighted by molar-refractivity contribution is 0.415. The summed E-state index contributed by atoms with van der Waals surface area (Å²) in [4.78, 5) is 0. The van der Waals surface area contributed by atoms with Gasteiger partial charge in [-0.3, -0.25) is 0 Å². The molecule has 122 valence electrons. The summed E-state index contributed by atoms with van der Waals surface area (Å²) in [5.41, 5.74) is 2.34. The van der Waals surface area contributed by atoms with Gasteiger partial charge in [0, 0.05) is 18.0 Å². The highest BCUT2D eigenvalue weighted by molar-refractivity contribution is 7.98. The number of nitrogens with one attached hydrogen (secondary N) is 2. The van der Waals surface area contributed by atoms with E-state index in [4.69, 9.17) is 17.0 Å². The van der Waals surface area contributed by atoms with Gasteiger partial charge in [0.2, 0.25) is 0 Å². The summed E-state index contributed by atoms with van der Waals surface area (Å²) in [5.74, 6) is 3.02. The lowest BCUT2D eigenvalue weighted by Crippen LogP contribution is -2.29. The van der Waals surface area contributed by atoms with E-state index < -0.39 is 0 Å². The van der Waals surface area contributed by atoms with Crippen LogP contribution < -0.4 is 15.4 Å². The molecule has 0 amide bonds.